The van der Waals surface area contributed by atoms with E-state index in [4.69, 9.17) is 5.73 Å². The number of aromatic nitrogens is 2. The Morgan fingerprint density at radius 3 is 2.91 bits per heavy atom. The van der Waals surface area contributed by atoms with Crippen LogP contribution in [0.25, 0.3) is 11.0 Å². The van der Waals surface area contributed by atoms with Crippen molar-refractivity contribution in [3.8, 4) is 0 Å². The summed E-state index contributed by atoms with van der Waals surface area (Å²) >= 11 is 1.62. The minimum absolute atomic E-state index is 0.0925. The Morgan fingerprint density at radius 2 is 2.23 bits per heavy atom. The normalized spacial score (nSPS) is 18.6. The van der Waals surface area contributed by atoms with E-state index in [1.165, 1.54) is 4.88 Å². The topological polar surface area (TPSA) is 80.7 Å². The highest BCUT2D eigenvalue weighted by Gasteiger charge is 2.28. The second-order valence-electron chi connectivity index (χ2n) is 5.58. The summed E-state index contributed by atoms with van der Waals surface area (Å²) in [6.45, 7) is 4.95. The SMILES string of the molecule is Cc1cn2c(/C=C\C(=O)N3CC[C@@H](C(N)=O)C3)c(C)nc2s1. The lowest BCUT2D eigenvalue weighted by molar-refractivity contribution is -0.125. The fourth-order valence-corrected chi connectivity index (χ4v) is 3.61. The molecular formula is C15H18N4O2S. The smallest absolute Gasteiger partial charge is 0.246 e. The Hall–Kier alpha value is -2.15. The molecule has 1 saturated heterocycles. The number of nitrogens with two attached hydrogens (primary N) is 1. The van der Waals surface area contributed by atoms with Gasteiger partial charge in [-0.25, -0.2) is 4.98 Å². The molecule has 0 aliphatic carbocycles. The minimum atomic E-state index is -0.332. The second-order valence-corrected chi connectivity index (χ2v) is 6.80. The van der Waals surface area contributed by atoms with Gasteiger partial charge in [-0.05, 0) is 26.3 Å². The van der Waals surface area contributed by atoms with Crippen molar-refractivity contribution in [3.63, 3.8) is 0 Å². The average Bonchev–Trinajstić information content (AvgIpc) is 3.11. The van der Waals surface area contributed by atoms with Crippen molar-refractivity contribution in [2.45, 2.75) is 20.3 Å². The van der Waals surface area contributed by atoms with Crippen LogP contribution < -0.4 is 5.73 Å². The van der Waals surface area contributed by atoms with Gasteiger partial charge in [0.1, 0.15) is 0 Å². The fraction of sp³-hybridized carbons (Fsp3) is 0.400. The standard InChI is InChI=1S/C15H18N4O2S/c1-9-7-19-12(10(2)17-15(19)22-9)3-4-13(20)18-6-5-11(8-18)14(16)21/h3-4,7,11H,5-6,8H2,1-2H3,(H2,16,21)/b4-3-/t11-/m1/s1. The van der Waals surface area contributed by atoms with Gasteiger partial charge in [-0.15, -0.1) is 11.3 Å². The predicted molar refractivity (Wildman–Crippen MR) is 85.5 cm³/mol. The Kier molecular flexibility index (Phi) is 3.74. The van der Waals surface area contributed by atoms with Gasteiger partial charge in [0.15, 0.2) is 4.96 Å². The third-order valence-electron chi connectivity index (χ3n) is 3.95. The highest BCUT2D eigenvalue weighted by atomic mass is 32.1. The van der Waals surface area contributed by atoms with Gasteiger partial charge in [0, 0.05) is 30.2 Å². The van der Waals surface area contributed by atoms with Crippen molar-refractivity contribution < 1.29 is 9.59 Å². The van der Waals surface area contributed by atoms with Crippen LogP contribution in [0.5, 0.6) is 0 Å². The molecule has 3 heterocycles. The fourth-order valence-electron chi connectivity index (χ4n) is 2.73. The predicted octanol–water partition coefficient (Wildman–Crippen LogP) is 1.36. The van der Waals surface area contributed by atoms with Crippen molar-refractivity contribution in [1.82, 2.24) is 14.3 Å². The number of carbonyl (C=O) groups excluding carboxylic acids is 2. The van der Waals surface area contributed by atoms with Gasteiger partial charge in [0.05, 0.1) is 17.3 Å². The molecule has 2 N–H and O–H groups in total. The number of amides is 2. The number of likely N-dealkylation sites (tertiary alicyclic amines) is 1. The van der Waals surface area contributed by atoms with Gasteiger partial charge in [-0.1, -0.05) is 0 Å². The lowest BCUT2D eigenvalue weighted by atomic mass is 10.1. The largest absolute Gasteiger partial charge is 0.369 e. The summed E-state index contributed by atoms with van der Waals surface area (Å²) in [5, 5.41) is 0. The third-order valence-corrected chi connectivity index (χ3v) is 4.85. The van der Waals surface area contributed by atoms with Crippen LogP contribution >= 0.6 is 11.3 Å². The summed E-state index contributed by atoms with van der Waals surface area (Å²) in [5.74, 6) is -0.647. The molecule has 1 atom stereocenters. The van der Waals surface area contributed by atoms with E-state index in [0.29, 0.717) is 19.5 Å². The molecule has 6 nitrogen and oxygen atoms in total. The molecule has 0 spiro atoms. The first-order valence-corrected chi connectivity index (χ1v) is 7.98. The van der Waals surface area contributed by atoms with Gasteiger partial charge in [0.25, 0.3) is 0 Å². The monoisotopic (exact) mass is 318 g/mol. The van der Waals surface area contributed by atoms with Crippen molar-refractivity contribution >= 4 is 34.2 Å². The summed E-state index contributed by atoms with van der Waals surface area (Å²) < 4.78 is 2.00. The highest BCUT2D eigenvalue weighted by molar-refractivity contribution is 7.17. The molecule has 116 valence electrons. The maximum absolute atomic E-state index is 12.2. The lowest BCUT2D eigenvalue weighted by Crippen LogP contribution is -2.30. The van der Waals surface area contributed by atoms with Gasteiger partial charge in [0.2, 0.25) is 11.8 Å². The maximum Gasteiger partial charge on any atom is 0.246 e. The van der Waals surface area contributed by atoms with Crippen LogP contribution in [0.15, 0.2) is 12.3 Å². The van der Waals surface area contributed by atoms with Crippen LogP contribution in [-0.4, -0.2) is 39.2 Å². The van der Waals surface area contributed by atoms with Crippen LogP contribution in [0.3, 0.4) is 0 Å². The van der Waals surface area contributed by atoms with Crippen molar-refractivity contribution in [2.75, 3.05) is 13.1 Å². The van der Waals surface area contributed by atoms with E-state index in [0.717, 1.165) is 16.3 Å². The van der Waals surface area contributed by atoms with Gasteiger partial charge in [-0.3, -0.25) is 14.0 Å². The van der Waals surface area contributed by atoms with E-state index in [2.05, 4.69) is 4.98 Å². The number of primary amides is 1. The summed E-state index contributed by atoms with van der Waals surface area (Å²) in [6, 6.07) is 0. The number of rotatable bonds is 3. The van der Waals surface area contributed by atoms with E-state index < -0.39 is 0 Å². The van der Waals surface area contributed by atoms with Crippen LogP contribution in [0.2, 0.25) is 0 Å². The molecule has 0 radical (unpaired) electrons. The van der Waals surface area contributed by atoms with Crippen molar-refractivity contribution in [1.29, 1.82) is 0 Å². The van der Waals surface area contributed by atoms with Crippen LogP contribution in [-0.2, 0) is 9.59 Å². The first kappa shape index (κ1) is 14.8. The first-order chi connectivity index (χ1) is 10.5. The summed E-state index contributed by atoms with van der Waals surface area (Å²) in [6.07, 6.45) is 6.01. The number of fused-ring (bicyclic) bond motifs is 1. The Bertz CT molecular complexity index is 774. The molecule has 7 heteroatoms. The summed E-state index contributed by atoms with van der Waals surface area (Å²) in [4.78, 5) is 31.6. The van der Waals surface area contributed by atoms with E-state index in [-0.39, 0.29) is 17.7 Å². The molecule has 2 aromatic heterocycles. The minimum Gasteiger partial charge on any atom is -0.369 e. The Morgan fingerprint density at radius 1 is 1.45 bits per heavy atom. The van der Waals surface area contributed by atoms with Crippen molar-refractivity contribution in [2.24, 2.45) is 11.7 Å². The van der Waals surface area contributed by atoms with Crippen LogP contribution in [0.4, 0.5) is 0 Å². The molecule has 2 aromatic rings. The molecule has 1 aliphatic heterocycles. The number of nitrogens with zero attached hydrogens (tertiary/aromatic N) is 3. The quantitative estimate of drug-likeness (QED) is 0.868. The van der Waals surface area contributed by atoms with Gasteiger partial charge >= 0.3 is 0 Å². The summed E-state index contributed by atoms with van der Waals surface area (Å²) in [7, 11) is 0. The number of aryl methyl sites for hydroxylation is 2. The molecule has 22 heavy (non-hydrogen) atoms. The van der Waals surface area contributed by atoms with Crippen LogP contribution in [0, 0.1) is 19.8 Å². The molecule has 1 aliphatic rings. The second kappa shape index (κ2) is 5.57. The zero-order chi connectivity index (χ0) is 15.9. The molecule has 0 bridgehead atoms. The molecule has 0 aromatic carbocycles. The van der Waals surface area contributed by atoms with Crippen molar-refractivity contribution in [3.05, 3.63) is 28.5 Å². The Balaban J connectivity index is 1.77. The van der Waals surface area contributed by atoms with E-state index in [1.54, 1.807) is 28.4 Å². The Labute approximate surface area is 132 Å². The van der Waals surface area contributed by atoms with Gasteiger partial charge in [-0.2, -0.15) is 0 Å². The highest BCUT2D eigenvalue weighted by Crippen LogP contribution is 2.22. The number of hydrogen-bond acceptors (Lipinski definition) is 4. The van der Waals surface area contributed by atoms with E-state index in [1.807, 2.05) is 24.4 Å². The number of hydrogen-bond donors (Lipinski definition) is 1. The lowest BCUT2D eigenvalue weighted by Gasteiger charge is -2.13. The number of carbonyl (C=O) groups is 2. The first-order valence-electron chi connectivity index (χ1n) is 7.17. The molecule has 1 fully saturated rings. The average molecular weight is 318 g/mol. The molecule has 0 saturated carbocycles. The molecule has 2 amide bonds. The number of imidazole rings is 1. The molecular weight excluding hydrogens is 300 g/mol. The maximum atomic E-state index is 12.2. The van der Waals surface area contributed by atoms with E-state index >= 15 is 0 Å². The zero-order valence-corrected chi connectivity index (χ0v) is 13.4. The van der Waals surface area contributed by atoms with Crippen LogP contribution in [0.1, 0.15) is 22.7 Å². The number of thiazole rings is 1. The molecule has 3 rings (SSSR count). The summed E-state index contributed by atoms with van der Waals surface area (Å²) in [5.41, 5.74) is 7.10. The zero-order valence-electron chi connectivity index (χ0n) is 12.6. The molecule has 0 unspecified atom stereocenters. The van der Waals surface area contributed by atoms with E-state index in [9.17, 15) is 9.59 Å². The third kappa shape index (κ3) is 2.64. The van der Waals surface area contributed by atoms with Gasteiger partial charge < -0.3 is 10.6 Å².